The molecule has 0 aliphatic carbocycles. The summed E-state index contributed by atoms with van der Waals surface area (Å²) < 4.78 is 55.0. The third kappa shape index (κ3) is 3.64. The first-order valence-electron chi connectivity index (χ1n) is 5.13. The summed E-state index contributed by atoms with van der Waals surface area (Å²) in [7, 11) is 3.20. The summed E-state index contributed by atoms with van der Waals surface area (Å²) in [6, 6.07) is -0.494. The molecule has 0 aromatic carbocycles. The van der Waals surface area contributed by atoms with E-state index in [1.807, 2.05) is 0 Å². The lowest BCUT2D eigenvalue weighted by Gasteiger charge is -2.19. The van der Waals surface area contributed by atoms with E-state index in [-0.39, 0.29) is 6.61 Å². The van der Waals surface area contributed by atoms with Gasteiger partial charge in [-0.25, -0.2) is 13.8 Å². The zero-order chi connectivity index (χ0) is 13.8. The van der Waals surface area contributed by atoms with E-state index in [1.165, 1.54) is 11.0 Å². The number of nitrogens with one attached hydrogen (secondary N) is 1. The Morgan fingerprint density at radius 2 is 2.17 bits per heavy atom. The highest BCUT2D eigenvalue weighted by Gasteiger charge is 2.41. The van der Waals surface area contributed by atoms with Gasteiger partial charge in [-0.05, 0) is 7.05 Å². The van der Waals surface area contributed by atoms with Crippen molar-refractivity contribution in [2.24, 2.45) is 7.05 Å². The van der Waals surface area contributed by atoms with Crippen molar-refractivity contribution in [3.8, 4) is 0 Å². The zero-order valence-corrected chi connectivity index (χ0v) is 9.91. The molecule has 1 atom stereocenters. The largest absolute Gasteiger partial charge is 0.373 e. The summed E-state index contributed by atoms with van der Waals surface area (Å²) in [5, 5.41) is 6.59. The first kappa shape index (κ1) is 14.8. The highest BCUT2D eigenvalue weighted by Crippen LogP contribution is 2.23. The van der Waals surface area contributed by atoms with Gasteiger partial charge >= 0.3 is 12.3 Å². The Hall–Kier alpha value is -1.22. The molecule has 9 heteroatoms. The average Bonchev–Trinajstić information content (AvgIpc) is 2.71. The Balaban J connectivity index is 2.49. The van der Waals surface area contributed by atoms with E-state index in [0.29, 0.717) is 5.82 Å². The summed E-state index contributed by atoms with van der Waals surface area (Å²) in [6.45, 7) is -1.54. The van der Waals surface area contributed by atoms with Crippen LogP contribution < -0.4 is 5.32 Å². The Morgan fingerprint density at radius 3 is 2.61 bits per heavy atom. The fraction of sp³-hybridized carbons (Fsp3) is 0.778. The van der Waals surface area contributed by atoms with Crippen LogP contribution >= 0.6 is 0 Å². The molecule has 0 fully saturated rings. The molecule has 104 valence electrons. The molecule has 1 heterocycles. The van der Waals surface area contributed by atoms with Crippen LogP contribution in [0.5, 0.6) is 0 Å². The van der Waals surface area contributed by atoms with Gasteiger partial charge in [0.15, 0.2) is 0 Å². The molecule has 18 heavy (non-hydrogen) atoms. The second-order valence-electron chi connectivity index (χ2n) is 3.66. The number of ether oxygens (including phenoxy) is 1. The van der Waals surface area contributed by atoms with Crippen LogP contribution in [0.3, 0.4) is 0 Å². The topological polar surface area (TPSA) is 52.0 Å². The Kier molecular flexibility index (Phi) is 5.03. The molecule has 1 aromatic rings. The van der Waals surface area contributed by atoms with Crippen molar-refractivity contribution in [3.05, 3.63) is 12.2 Å². The fourth-order valence-electron chi connectivity index (χ4n) is 1.28. The second-order valence-corrected chi connectivity index (χ2v) is 3.66. The lowest BCUT2D eigenvalue weighted by molar-refractivity contribution is -0.167. The maximum absolute atomic E-state index is 12.6. The van der Waals surface area contributed by atoms with Gasteiger partial charge in [0.25, 0.3) is 0 Å². The molecule has 0 saturated carbocycles. The second kappa shape index (κ2) is 6.10. The van der Waals surface area contributed by atoms with E-state index in [9.17, 15) is 17.6 Å². The summed E-state index contributed by atoms with van der Waals surface area (Å²) >= 11 is 0. The Labute approximate surface area is 101 Å². The number of halogens is 4. The minimum Gasteiger partial charge on any atom is -0.373 e. The summed E-state index contributed by atoms with van der Waals surface area (Å²) in [4.78, 5) is 3.91. The van der Waals surface area contributed by atoms with Crippen LogP contribution in [0.25, 0.3) is 0 Å². The number of alkyl halides is 4. The van der Waals surface area contributed by atoms with Crippen LogP contribution in [-0.4, -0.2) is 47.4 Å². The number of aromatic nitrogens is 3. The molecule has 0 spiro atoms. The first-order valence-corrected chi connectivity index (χ1v) is 5.13. The van der Waals surface area contributed by atoms with Crippen molar-refractivity contribution in [2.45, 2.75) is 18.4 Å². The lowest BCUT2D eigenvalue weighted by atomic mass is 10.3. The maximum Gasteiger partial charge on any atom is 0.330 e. The highest BCUT2D eigenvalue weighted by molar-refractivity contribution is 4.93. The van der Waals surface area contributed by atoms with E-state index >= 15 is 0 Å². The molecule has 5 nitrogen and oxygen atoms in total. The average molecular weight is 270 g/mol. The summed E-state index contributed by atoms with van der Waals surface area (Å²) in [5.41, 5.74) is 0. The fourth-order valence-corrected chi connectivity index (χ4v) is 1.28. The van der Waals surface area contributed by atoms with Crippen LogP contribution in [0.15, 0.2) is 6.33 Å². The van der Waals surface area contributed by atoms with Crippen LogP contribution in [0, 0.1) is 0 Å². The number of hydrogen-bond acceptors (Lipinski definition) is 4. The Morgan fingerprint density at radius 1 is 1.50 bits per heavy atom. The smallest absolute Gasteiger partial charge is 0.330 e. The number of likely N-dealkylation sites (N-methyl/N-ethyl adjacent to an activating group) is 1. The van der Waals surface area contributed by atoms with Crippen LogP contribution in [0.4, 0.5) is 17.6 Å². The molecule has 1 aromatic heterocycles. The van der Waals surface area contributed by atoms with Gasteiger partial charge < -0.3 is 10.1 Å². The monoisotopic (exact) mass is 270 g/mol. The van der Waals surface area contributed by atoms with Crippen LogP contribution in [-0.2, 0) is 11.8 Å². The number of rotatable bonds is 7. The van der Waals surface area contributed by atoms with Crippen molar-refractivity contribution in [1.82, 2.24) is 20.1 Å². The zero-order valence-electron chi connectivity index (χ0n) is 9.91. The molecule has 0 aliphatic heterocycles. The van der Waals surface area contributed by atoms with Gasteiger partial charge in [0.1, 0.15) is 18.8 Å². The molecule has 0 aliphatic rings. The number of hydrogen-bond donors (Lipinski definition) is 1. The van der Waals surface area contributed by atoms with Gasteiger partial charge in [0, 0.05) is 7.05 Å². The molecular formula is C9H14F4N4O. The maximum atomic E-state index is 12.6. The first-order chi connectivity index (χ1) is 8.38. The predicted molar refractivity (Wildman–Crippen MR) is 54.6 cm³/mol. The van der Waals surface area contributed by atoms with Crippen LogP contribution in [0.2, 0.25) is 0 Å². The van der Waals surface area contributed by atoms with E-state index in [0.717, 1.165) is 0 Å². The quantitative estimate of drug-likeness (QED) is 0.751. The van der Waals surface area contributed by atoms with E-state index < -0.39 is 25.0 Å². The van der Waals surface area contributed by atoms with Gasteiger partial charge in [-0.15, -0.1) is 0 Å². The van der Waals surface area contributed by atoms with Crippen molar-refractivity contribution in [3.63, 3.8) is 0 Å². The van der Waals surface area contributed by atoms with E-state index in [4.69, 9.17) is 0 Å². The van der Waals surface area contributed by atoms with Crippen molar-refractivity contribution in [1.29, 1.82) is 0 Å². The van der Waals surface area contributed by atoms with Crippen molar-refractivity contribution >= 4 is 0 Å². The van der Waals surface area contributed by atoms with Gasteiger partial charge in [-0.2, -0.15) is 13.9 Å². The van der Waals surface area contributed by atoms with E-state index in [2.05, 4.69) is 20.1 Å². The molecule has 0 radical (unpaired) electrons. The van der Waals surface area contributed by atoms with Crippen molar-refractivity contribution in [2.75, 3.05) is 20.3 Å². The minimum atomic E-state index is -4.14. The molecule has 0 saturated heterocycles. The standard InChI is InChI=1S/C9H14F4N4O/c1-14-6(7-15-5-16-17(7)2)3-18-4-9(12,13)8(10)11/h5-6,8,14H,3-4H2,1-2H3. The molecule has 0 amide bonds. The third-order valence-electron chi connectivity index (χ3n) is 2.30. The number of nitrogens with zero attached hydrogens (tertiary/aromatic N) is 3. The van der Waals surface area contributed by atoms with Gasteiger partial charge in [-0.3, -0.25) is 4.68 Å². The highest BCUT2D eigenvalue weighted by atomic mass is 19.3. The molecular weight excluding hydrogens is 256 g/mol. The van der Waals surface area contributed by atoms with Gasteiger partial charge in [-0.1, -0.05) is 0 Å². The molecule has 1 N–H and O–H groups in total. The SMILES string of the molecule is CNC(COCC(F)(F)C(F)F)c1ncnn1C. The number of aryl methyl sites for hydroxylation is 1. The van der Waals surface area contributed by atoms with Gasteiger partial charge in [0.05, 0.1) is 12.6 Å². The van der Waals surface area contributed by atoms with Crippen molar-refractivity contribution < 1.29 is 22.3 Å². The Bertz CT molecular complexity index is 371. The van der Waals surface area contributed by atoms with Gasteiger partial charge in [0.2, 0.25) is 0 Å². The molecule has 0 bridgehead atoms. The third-order valence-corrected chi connectivity index (χ3v) is 2.30. The molecule has 1 rings (SSSR count). The van der Waals surface area contributed by atoms with Crippen LogP contribution in [0.1, 0.15) is 11.9 Å². The van der Waals surface area contributed by atoms with E-state index in [1.54, 1.807) is 14.1 Å². The molecule has 1 unspecified atom stereocenters. The summed E-state index contributed by atoms with van der Waals surface area (Å²) in [5.74, 6) is -3.67. The predicted octanol–water partition coefficient (Wildman–Crippen LogP) is 0.993. The minimum absolute atomic E-state index is 0.203. The lowest BCUT2D eigenvalue weighted by Crippen LogP contribution is -2.34. The summed E-state index contributed by atoms with van der Waals surface area (Å²) in [6.07, 6.45) is -2.44. The normalized spacial score (nSPS) is 14.2.